The van der Waals surface area contributed by atoms with Crippen LogP contribution >= 0.6 is 0 Å². The van der Waals surface area contributed by atoms with Crippen LogP contribution in [-0.4, -0.2) is 43.5 Å². The minimum atomic E-state index is 0.172. The third-order valence-electron chi connectivity index (χ3n) is 5.29. The predicted octanol–water partition coefficient (Wildman–Crippen LogP) is 1.99. The number of nitrogens with zero attached hydrogens (tertiary/aromatic N) is 1. The van der Waals surface area contributed by atoms with Gasteiger partial charge in [0.25, 0.3) is 0 Å². The Bertz CT molecular complexity index is 333. The first kappa shape index (κ1) is 16.8. The lowest BCUT2D eigenvalue weighted by Gasteiger charge is -2.39. The Morgan fingerprint density at radius 1 is 1.29 bits per heavy atom. The molecule has 2 aliphatic rings. The Hall–Kier alpha value is -0.610. The van der Waals surface area contributed by atoms with E-state index in [2.05, 4.69) is 24.1 Å². The third-order valence-corrected chi connectivity index (χ3v) is 5.29. The number of nitrogens with two attached hydrogens (primary N) is 1. The molecule has 1 heterocycles. The van der Waals surface area contributed by atoms with Crippen LogP contribution in [0.4, 0.5) is 0 Å². The summed E-state index contributed by atoms with van der Waals surface area (Å²) in [6, 6.07) is 0. The van der Waals surface area contributed by atoms with E-state index >= 15 is 0 Å². The van der Waals surface area contributed by atoms with Crippen LogP contribution in [0, 0.1) is 17.3 Å². The first-order valence-corrected chi connectivity index (χ1v) is 8.70. The van der Waals surface area contributed by atoms with Crippen LogP contribution in [0.2, 0.25) is 0 Å². The molecule has 3 N–H and O–H groups in total. The molecule has 4 heteroatoms. The van der Waals surface area contributed by atoms with Crippen molar-refractivity contribution in [3.05, 3.63) is 0 Å². The van der Waals surface area contributed by atoms with Gasteiger partial charge in [-0.05, 0) is 56.4 Å². The molecular formula is C17H33N3O. The minimum absolute atomic E-state index is 0.172. The Labute approximate surface area is 129 Å². The molecule has 0 aromatic rings. The number of hydrogen-bond donors (Lipinski definition) is 2. The molecule has 0 aromatic carbocycles. The summed E-state index contributed by atoms with van der Waals surface area (Å²) in [5, 5.41) is 2.95. The van der Waals surface area contributed by atoms with Crippen molar-refractivity contribution in [1.82, 2.24) is 10.2 Å². The lowest BCUT2D eigenvalue weighted by molar-refractivity contribution is -0.126. The second-order valence-electron chi connectivity index (χ2n) is 7.79. The highest BCUT2D eigenvalue weighted by Gasteiger charge is 2.30. The van der Waals surface area contributed by atoms with Crippen molar-refractivity contribution in [3.8, 4) is 0 Å². The largest absolute Gasteiger partial charge is 0.355 e. The van der Waals surface area contributed by atoms with E-state index in [1.54, 1.807) is 0 Å². The number of nitrogens with one attached hydrogen (secondary N) is 1. The number of piperidine rings is 1. The Kier molecular flexibility index (Phi) is 6.06. The summed E-state index contributed by atoms with van der Waals surface area (Å²) >= 11 is 0. The maximum atomic E-state index is 12.1. The van der Waals surface area contributed by atoms with Gasteiger partial charge in [-0.15, -0.1) is 0 Å². The SMILES string of the molecule is CC1(C)CCC(CN2CCCC(C(=O)NCCN)C2)CC1. The maximum absolute atomic E-state index is 12.1. The van der Waals surface area contributed by atoms with Crippen LogP contribution in [0.15, 0.2) is 0 Å². The lowest BCUT2D eigenvalue weighted by Crippen LogP contribution is -2.45. The molecule has 0 bridgehead atoms. The fourth-order valence-electron chi connectivity index (χ4n) is 3.78. The normalized spacial score (nSPS) is 27.5. The van der Waals surface area contributed by atoms with Crippen LogP contribution in [0.3, 0.4) is 0 Å². The van der Waals surface area contributed by atoms with E-state index in [-0.39, 0.29) is 11.8 Å². The average molecular weight is 295 g/mol. The molecule has 1 saturated carbocycles. The van der Waals surface area contributed by atoms with Crippen LogP contribution < -0.4 is 11.1 Å². The minimum Gasteiger partial charge on any atom is -0.355 e. The van der Waals surface area contributed by atoms with Gasteiger partial charge in [-0.25, -0.2) is 0 Å². The predicted molar refractivity (Wildman–Crippen MR) is 87.0 cm³/mol. The van der Waals surface area contributed by atoms with E-state index in [9.17, 15) is 4.79 Å². The summed E-state index contributed by atoms with van der Waals surface area (Å²) < 4.78 is 0. The Morgan fingerprint density at radius 3 is 2.67 bits per heavy atom. The summed E-state index contributed by atoms with van der Waals surface area (Å²) in [6.07, 6.45) is 7.60. The monoisotopic (exact) mass is 295 g/mol. The van der Waals surface area contributed by atoms with Gasteiger partial charge in [-0.3, -0.25) is 4.79 Å². The molecule has 1 aliphatic heterocycles. The molecule has 2 fully saturated rings. The molecule has 2 rings (SSSR count). The van der Waals surface area contributed by atoms with Gasteiger partial charge in [0, 0.05) is 26.2 Å². The standard InChI is InChI=1S/C17H33N3O/c1-17(2)7-5-14(6-8-17)12-20-11-3-4-15(13-20)16(21)19-10-9-18/h14-15H,3-13,18H2,1-2H3,(H,19,21). The summed E-state index contributed by atoms with van der Waals surface area (Å²) in [6.45, 7) is 9.21. The number of rotatable bonds is 5. The van der Waals surface area contributed by atoms with Gasteiger partial charge in [0.15, 0.2) is 0 Å². The third kappa shape index (κ3) is 5.26. The maximum Gasteiger partial charge on any atom is 0.224 e. The molecule has 1 atom stereocenters. The fraction of sp³-hybridized carbons (Fsp3) is 0.941. The second-order valence-corrected chi connectivity index (χ2v) is 7.79. The molecular weight excluding hydrogens is 262 g/mol. The van der Waals surface area contributed by atoms with E-state index in [1.807, 2.05) is 0 Å². The number of carbonyl (C=O) groups excluding carboxylic acids is 1. The average Bonchev–Trinajstić information content (AvgIpc) is 2.47. The molecule has 122 valence electrons. The van der Waals surface area contributed by atoms with Gasteiger partial charge in [0.1, 0.15) is 0 Å². The first-order chi connectivity index (χ1) is 10.00. The second kappa shape index (κ2) is 7.59. The van der Waals surface area contributed by atoms with Crippen LogP contribution in [-0.2, 0) is 4.79 Å². The quantitative estimate of drug-likeness (QED) is 0.815. The van der Waals surface area contributed by atoms with Crippen LogP contribution in [0.1, 0.15) is 52.4 Å². The molecule has 1 amide bonds. The Morgan fingerprint density at radius 2 is 2.00 bits per heavy atom. The molecule has 0 aromatic heterocycles. The van der Waals surface area contributed by atoms with Gasteiger partial charge in [0.05, 0.1) is 5.92 Å². The van der Waals surface area contributed by atoms with Crippen molar-refractivity contribution in [2.24, 2.45) is 23.0 Å². The molecule has 1 unspecified atom stereocenters. The zero-order valence-electron chi connectivity index (χ0n) is 13.9. The van der Waals surface area contributed by atoms with Crippen LogP contribution in [0.25, 0.3) is 0 Å². The zero-order valence-corrected chi connectivity index (χ0v) is 13.9. The van der Waals surface area contributed by atoms with Crippen molar-refractivity contribution >= 4 is 5.91 Å². The van der Waals surface area contributed by atoms with E-state index in [0.717, 1.165) is 25.3 Å². The van der Waals surface area contributed by atoms with Crippen molar-refractivity contribution in [3.63, 3.8) is 0 Å². The molecule has 4 nitrogen and oxygen atoms in total. The summed E-state index contributed by atoms with van der Waals surface area (Å²) in [4.78, 5) is 14.6. The van der Waals surface area contributed by atoms with Gasteiger partial charge in [-0.1, -0.05) is 13.8 Å². The number of likely N-dealkylation sites (tertiary alicyclic amines) is 1. The van der Waals surface area contributed by atoms with E-state index in [1.165, 1.54) is 38.8 Å². The van der Waals surface area contributed by atoms with Crippen molar-refractivity contribution < 1.29 is 4.79 Å². The lowest BCUT2D eigenvalue weighted by atomic mass is 9.73. The van der Waals surface area contributed by atoms with Crippen LogP contribution in [0.5, 0.6) is 0 Å². The van der Waals surface area contributed by atoms with Gasteiger partial charge in [-0.2, -0.15) is 0 Å². The first-order valence-electron chi connectivity index (χ1n) is 8.70. The van der Waals surface area contributed by atoms with Gasteiger partial charge < -0.3 is 16.0 Å². The fourth-order valence-corrected chi connectivity index (χ4v) is 3.78. The van der Waals surface area contributed by atoms with E-state index in [0.29, 0.717) is 18.5 Å². The summed E-state index contributed by atoms with van der Waals surface area (Å²) in [7, 11) is 0. The highest BCUT2D eigenvalue weighted by Crippen LogP contribution is 2.38. The molecule has 1 saturated heterocycles. The van der Waals surface area contributed by atoms with Crippen molar-refractivity contribution in [1.29, 1.82) is 0 Å². The molecule has 0 spiro atoms. The van der Waals surface area contributed by atoms with Crippen molar-refractivity contribution in [2.45, 2.75) is 52.4 Å². The molecule has 21 heavy (non-hydrogen) atoms. The molecule has 0 radical (unpaired) electrons. The van der Waals surface area contributed by atoms with E-state index < -0.39 is 0 Å². The van der Waals surface area contributed by atoms with Crippen molar-refractivity contribution in [2.75, 3.05) is 32.7 Å². The van der Waals surface area contributed by atoms with Gasteiger partial charge >= 0.3 is 0 Å². The van der Waals surface area contributed by atoms with Gasteiger partial charge in [0.2, 0.25) is 5.91 Å². The smallest absolute Gasteiger partial charge is 0.224 e. The highest BCUT2D eigenvalue weighted by atomic mass is 16.1. The summed E-state index contributed by atoms with van der Waals surface area (Å²) in [5.74, 6) is 1.21. The summed E-state index contributed by atoms with van der Waals surface area (Å²) in [5.41, 5.74) is 6.00. The number of hydrogen-bond acceptors (Lipinski definition) is 3. The molecule has 1 aliphatic carbocycles. The number of carbonyl (C=O) groups is 1. The zero-order chi connectivity index (χ0) is 15.3. The number of amides is 1. The topological polar surface area (TPSA) is 58.4 Å². The van der Waals surface area contributed by atoms with E-state index in [4.69, 9.17) is 5.73 Å². The Balaban J connectivity index is 1.75. The highest BCUT2D eigenvalue weighted by molar-refractivity contribution is 5.78.